The average molecular weight is 390 g/mol. The minimum Gasteiger partial charge on any atom is -0.444 e. The molecule has 1 aromatic carbocycles. The van der Waals surface area contributed by atoms with Crippen molar-refractivity contribution >= 4 is 17.5 Å². The lowest BCUT2D eigenvalue weighted by atomic mass is 9.94. The molecule has 3 rings (SSSR count). The van der Waals surface area contributed by atoms with E-state index in [1.807, 2.05) is 35.4 Å². The number of oxazole rings is 1. The molecular weight excluding hydrogens is 362 g/mol. The molecule has 5 nitrogen and oxygen atoms in total. The summed E-state index contributed by atoms with van der Waals surface area (Å²) in [5.74, 6) is 1.83. The number of benzene rings is 1. The van der Waals surface area contributed by atoms with Crippen molar-refractivity contribution in [2.24, 2.45) is 0 Å². The van der Waals surface area contributed by atoms with Gasteiger partial charge in [-0.3, -0.25) is 9.69 Å². The Hall–Kier alpha value is -1.85. The quantitative estimate of drug-likeness (QED) is 0.795. The Labute approximate surface area is 166 Å². The summed E-state index contributed by atoms with van der Waals surface area (Å²) in [5, 5.41) is 0.692. The normalized spacial score (nSPS) is 16.4. The third-order valence-electron chi connectivity index (χ3n) is 4.86. The zero-order valence-electron chi connectivity index (χ0n) is 16.4. The Morgan fingerprint density at radius 3 is 2.56 bits per heavy atom. The van der Waals surface area contributed by atoms with Crippen LogP contribution >= 0.6 is 11.6 Å². The molecule has 146 valence electrons. The second-order valence-corrected chi connectivity index (χ2v) is 8.62. The molecule has 0 unspecified atom stereocenters. The zero-order chi connectivity index (χ0) is 19.4. The largest absolute Gasteiger partial charge is 0.444 e. The van der Waals surface area contributed by atoms with E-state index >= 15 is 0 Å². The van der Waals surface area contributed by atoms with E-state index in [0.717, 1.165) is 49.8 Å². The highest BCUT2D eigenvalue weighted by atomic mass is 35.5. The van der Waals surface area contributed by atoms with Gasteiger partial charge in [-0.25, -0.2) is 4.98 Å². The topological polar surface area (TPSA) is 49.6 Å². The van der Waals surface area contributed by atoms with Crippen molar-refractivity contribution in [3.8, 4) is 0 Å². The third-order valence-corrected chi connectivity index (χ3v) is 5.11. The van der Waals surface area contributed by atoms with Crippen molar-refractivity contribution in [2.45, 2.75) is 45.6 Å². The summed E-state index contributed by atoms with van der Waals surface area (Å²) in [4.78, 5) is 21.3. The van der Waals surface area contributed by atoms with Gasteiger partial charge in [0, 0.05) is 36.6 Å². The maximum atomic E-state index is 12.6. The molecule has 6 heteroatoms. The van der Waals surface area contributed by atoms with Crippen LogP contribution in [0.2, 0.25) is 5.02 Å². The van der Waals surface area contributed by atoms with Crippen LogP contribution in [0.25, 0.3) is 0 Å². The van der Waals surface area contributed by atoms with E-state index in [1.54, 1.807) is 0 Å². The number of nitrogens with zero attached hydrogens (tertiary/aromatic N) is 3. The van der Waals surface area contributed by atoms with Crippen molar-refractivity contribution in [1.82, 2.24) is 14.8 Å². The molecule has 1 amide bonds. The standard InChI is InChI=1S/C21H28ClN3O2/c1-21(2,3)18-14-23-19(27-18)15-24-9-4-10-25(12-11-24)20(26)13-16-5-7-17(22)8-6-16/h5-8,14H,4,9-13,15H2,1-3H3. The number of rotatable bonds is 4. The fraction of sp³-hybridized carbons (Fsp3) is 0.524. The van der Waals surface area contributed by atoms with Crippen molar-refractivity contribution in [1.29, 1.82) is 0 Å². The molecule has 1 saturated heterocycles. The first-order valence-corrected chi connectivity index (χ1v) is 9.89. The molecule has 0 aliphatic carbocycles. The van der Waals surface area contributed by atoms with Crippen LogP contribution in [0.15, 0.2) is 34.9 Å². The van der Waals surface area contributed by atoms with Crippen LogP contribution in [-0.2, 0) is 23.2 Å². The highest BCUT2D eigenvalue weighted by Crippen LogP contribution is 2.23. The highest BCUT2D eigenvalue weighted by Gasteiger charge is 2.22. The number of carbonyl (C=O) groups excluding carboxylic acids is 1. The van der Waals surface area contributed by atoms with Crippen molar-refractivity contribution in [2.75, 3.05) is 26.2 Å². The summed E-state index contributed by atoms with van der Waals surface area (Å²) in [7, 11) is 0. The predicted octanol–water partition coefficient (Wildman–Crippen LogP) is 3.90. The molecule has 0 radical (unpaired) electrons. The molecule has 0 atom stereocenters. The Kier molecular flexibility index (Phi) is 6.22. The van der Waals surface area contributed by atoms with E-state index in [1.165, 1.54) is 0 Å². The van der Waals surface area contributed by atoms with E-state index < -0.39 is 0 Å². The van der Waals surface area contributed by atoms with Crippen molar-refractivity contribution < 1.29 is 9.21 Å². The Bertz CT molecular complexity index is 764. The van der Waals surface area contributed by atoms with Crippen LogP contribution in [-0.4, -0.2) is 46.9 Å². The van der Waals surface area contributed by atoms with Gasteiger partial charge in [-0.1, -0.05) is 44.5 Å². The molecule has 27 heavy (non-hydrogen) atoms. The van der Waals surface area contributed by atoms with E-state index in [4.69, 9.17) is 16.0 Å². The van der Waals surface area contributed by atoms with Gasteiger partial charge in [0.05, 0.1) is 19.2 Å². The Morgan fingerprint density at radius 2 is 1.89 bits per heavy atom. The maximum absolute atomic E-state index is 12.6. The van der Waals surface area contributed by atoms with Crippen LogP contribution in [0.3, 0.4) is 0 Å². The lowest BCUT2D eigenvalue weighted by Gasteiger charge is -2.21. The summed E-state index contributed by atoms with van der Waals surface area (Å²) in [6.07, 6.45) is 3.21. The van der Waals surface area contributed by atoms with Crippen LogP contribution < -0.4 is 0 Å². The molecule has 1 fully saturated rings. The van der Waals surface area contributed by atoms with Gasteiger partial charge < -0.3 is 9.32 Å². The van der Waals surface area contributed by atoms with Crippen LogP contribution in [0.1, 0.15) is 44.4 Å². The van der Waals surface area contributed by atoms with Gasteiger partial charge in [0.15, 0.2) is 0 Å². The van der Waals surface area contributed by atoms with E-state index in [2.05, 4.69) is 30.7 Å². The summed E-state index contributed by atoms with van der Waals surface area (Å²) in [6, 6.07) is 7.49. The van der Waals surface area contributed by atoms with E-state index in [9.17, 15) is 4.79 Å². The molecule has 0 saturated carbocycles. The first-order chi connectivity index (χ1) is 12.8. The number of aromatic nitrogens is 1. The molecule has 0 N–H and O–H groups in total. The Balaban J connectivity index is 1.53. The smallest absolute Gasteiger partial charge is 0.227 e. The lowest BCUT2D eigenvalue weighted by Crippen LogP contribution is -2.36. The number of carbonyl (C=O) groups is 1. The van der Waals surface area contributed by atoms with E-state index in [-0.39, 0.29) is 11.3 Å². The molecule has 0 bridgehead atoms. The third kappa shape index (κ3) is 5.56. The summed E-state index contributed by atoms with van der Waals surface area (Å²) in [5.41, 5.74) is 0.967. The second-order valence-electron chi connectivity index (χ2n) is 8.18. The van der Waals surface area contributed by atoms with Gasteiger partial charge in [0.1, 0.15) is 5.76 Å². The molecule has 1 aromatic heterocycles. The monoisotopic (exact) mass is 389 g/mol. The van der Waals surface area contributed by atoms with Gasteiger partial charge >= 0.3 is 0 Å². The van der Waals surface area contributed by atoms with E-state index in [0.29, 0.717) is 18.0 Å². The molecule has 2 aromatic rings. The number of hydrogen-bond donors (Lipinski definition) is 0. The molecule has 1 aliphatic heterocycles. The lowest BCUT2D eigenvalue weighted by molar-refractivity contribution is -0.130. The first-order valence-electron chi connectivity index (χ1n) is 9.51. The highest BCUT2D eigenvalue weighted by molar-refractivity contribution is 6.30. The maximum Gasteiger partial charge on any atom is 0.227 e. The van der Waals surface area contributed by atoms with Crippen LogP contribution in [0.4, 0.5) is 0 Å². The Morgan fingerprint density at radius 1 is 1.15 bits per heavy atom. The second kappa shape index (κ2) is 8.44. The first kappa shape index (κ1) is 19.9. The summed E-state index contributed by atoms with van der Waals surface area (Å²) >= 11 is 5.91. The summed E-state index contributed by atoms with van der Waals surface area (Å²) in [6.45, 7) is 10.3. The van der Waals surface area contributed by atoms with Gasteiger partial charge in [-0.05, 0) is 24.1 Å². The average Bonchev–Trinajstić information content (AvgIpc) is 2.96. The van der Waals surface area contributed by atoms with Gasteiger partial charge in [0.2, 0.25) is 11.8 Å². The number of halogens is 1. The fourth-order valence-corrected chi connectivity index (χ4v) is 3.31. The molecule has 1 aliphatic rings. The van der Waals surface area contributed by atoms with Gasteiger partial charge in [0.25, 0.3) is 0 Å². The van der Waals surface area contributed by atoms with Crippen LogP contribution in [0.5, 0.6) is 0 Å². The molecule has 2 heterocycles. The SMILES string of the molecule is CC(C)(C)c1cnc(CN2CCCN(C(=O)Cc3ccc(Cl)cc3)CC2)o1. The summed E-state index contributed by atoms with van der Waals surface area (Å²) < 4.78 is 5.91. The number of amides is 1. The number of hydrogen-bond acceptors (Lipinski definition) is 4. The fourth-order valence-electron chi connectivity index (χ4n) is 3.19. The van der Waals surface area contributed by atoms with Crippen molar-refractivity contribution in [3.63, 3.8) is 0 Å². The zero-order valence-corrected chi connectivity index (χ0v) is 17.1. The molecular formula is C21H28ClN3O2. The predicted molar refractivity (Wildman–Crippen MR) is 107 cm³/mol. The van der Waals surface area contributed by atoms with Gasteiger partial charge in [-0.15, -0.1) is 0 Å². The minimum atomic E-state index is -0.0328. The minimum absolute atomic E-state index is 0.0328. The van der Waals surface area contributed by atoms with Crippen LogP contribution in [0, 0.1) is 0 Å². The molecule has 0 spiro atoms. The van der Waals surface area contributed by atoms with Gasteiger partial charge in [-0.2, -0.15) is 0 Å². The van der Waals surface area contributed by atoms with Crippen molar-refractivity contribution in [3.05, 3.63) is 52.7 Å².